The lowest BCUT2D eigenvalue weighted by atomic mass is 10.2. The van der Waals surface area contributed by atoms with Gasteiger partial charge in [0.1, 0.15) is 5.82 Å². The molecule has 132 valence electrons. The van der Waals surface area contributed by atoms with Crippen molar-refractivity contribution in [3.05, 3.63) is 59.7 Å². The Bertz CT molecular complexity index is 747. The minimum absolute atomic E-state index is 0.0228. The Kier molecular flexibility index (Phi) is 5.60. The standard InChI is InChI=1S/C19H23FN4O/c1-2-24-15-17(13-21-24)6-7-19(25)23-10-8-22(9-11-23)14-16-4-3-5-18(20)12-16/h3-7,12-13,15H,2,8-11,14H2,1H3/b7-6+. The van der Waals surface area contributed by atoms with Crippen LogP contribution in [0.1, 0.15) is 18.1 Å². The zero-order valence-electron chi connectivity index (χ0n) is 14.4. The second-order valence-corrected chi connectivity index (χ2v) is 6.19. The molecule has 5 nitrogen and oxygen atoms in total. The fraction of sp³-hybridized carbons (Fsp3) is 0.368. The van der Waals surface area contributed by atoms with E-state index in [4.69, 9.17) is 0 Å². The van der Waals surface area contributed by atoms with Crippen molar-refractivity contribution < 1.29 is 9.18 Å². The zero-order chi connectivity index (χ0) is 17.6. The van der Waals surface area contributed by atoms with Crippen LogP contribution >= 0.6 is 0 Å². The van der Waals surface area contributed by atoms with Gasteiger partial charge in [-0.15, -0.1) is 0 Å². The van der Waals surface area contributed by atoms with Gasteiger partial charge in [-0.25, -0.2) is 4.39 Å². The number of aromatic nitrogens is 2. The first-order valence-corrected chi connectivity index (χ1v) is 8.60. The molecule has 1 amide bonds. The van der Waals surface area contributed by atoms with Crippen LogP contribution in [0.25, 0.3) is 6.08 Å². The molecule has 1 saturated heterocycles. The number of amides is 1. The fourth-order valence-corrected chi connectivity index (χ4v) is 2.93. The number of hydrogen-bond donors (Lipinski definition) is 0. The summed E-state index contributed by atoms with van der Waals surface area (Å²) in [6.45, 7) is 6.52. The molecule has 1 fully saturated rings. The zero-order valence-corrected chi connectivity index (χ0v) is 14.4. The number of carbonyl (C=O) groups is 1. The maximum atomic E-state index is 13.3. The molecule has 1 aromatic carbocycles. The smallest absolute Gasteiger partial charge is 0.246 e. The second kappa shape index (κ2) is 8.07. The first-order valence-electron chi connectivity index (χ1n) is 8.60. The molecule has 1 aromatic heterocycles. The quantitative estimate of drug-likeness (QED) is 0.784. The van der Waals surface area contributed by atoms with E-state index in [1.165, 1.54) is 6.07 Å². The molecule has 6 heteroatoms. The summed E-state index contributed by atoms with van der Waals surface area (Å²) in [6, 6.07) is 6.68. The molecule has 0 spiro atoms. The van der Waals surface area contributed by atoms with Gasteiger partial charge in [-0.05, 0) is 30.7 Å². The Morgan fingerprint density at radius 1 is 1.28 bits per heavy atom. The van der Waals surface area contributed by atoms with Crippen LogP contribution < -0.4 is 0 Å². The molecule has 0 bridgehead atoms. The topological polar surface area (TPSA) is 41.4 Å². The summed E-state index contributed by atoms with van der Waals surface area (Å²) in [4.78, 5) is 16.4. The van der Waals surface area contributed by atoms with Crippen molar-refractivity contribution in [1.29, 1.82) is 0 Å². The van der Waals surface area contributed by atoms with Gasteiger partial charge in [0, 0.05) is 57.1 Å². The van der Waals surface area contributed by atoms with E-state index in [1.54, 1.807) is 30.5 Å². The molecule has 0 atom stereocenters. The predicted octanol–water partition coefficient (Wildman–Crippen LogP) is 2.40. The van der Waals surface area contributed by atoms with Gasteiger partial charge in [0.15, 0.2) is 0 Å². The summed E-state index contributed by atoms with van der Waals surface area (Å²) in [5.41, 5.74) is 1.90. The van der Waals surface area contributed by atoms with Gasteiger partial charge in [0.25, 0.3) is 0 Å². The van der Waals surface area contributed by atoms with Crippen molar-refractivity contribution in [3.63, 3.8) is 0 Å². The maximum Gasteiger partial charge on any atom is 0.246 e. The van der Waals surface area contributed by atoms with Crippen LogP contribution in [0.4, 0.5) is 4.39 Å². The summed E-state index contributed by atoms with van der Waals surface area (Å²) in [6.07, 6.45) is 7.09. The minimum Gasteiger partial charge on any atom is -0.337 e. The predicted molar refractivity (Wildman–Crippen MR) is 95.2 cm³/mol. The molecule has 0 saturated carbocycles. The molecule has 1 aliphatic heterocycles. The van der Waals surface area contributed by atoms with Gasteiger partial charge < -0.3 is 4.90 Å². The summed E-state index contributed by atoms with van der Waals surface area (Å²) in [5, 5.41) is 4.19. The van der Waals surface area contributed by atoms with Gasteiger partial charge in [0.05, 0.1) is 6.20 Å². The summed E-state index contributed by atoms with van der Waals surface area (Å²) in [7, 11) is 0. The van der Waals surface area contributed by atoms with Gasteiger partial charge >= 0.3 is 0 Å². The molecule has 2 aromatic rings. The van der Waals surface area contributed by atoms with Crippen LogP contribution in [0.2, 0.25) is 0 Å². The highest BCUT2D eigenvalue weighted by Crippen LogP contribution is 2.11. The van der Waals surface area contributed by atoms with Gasteiger partial charge in [-0.3, -0.25) is 14.4 Å². The van der Waals surface area contributed by atoms with Crippen molar-refractivity contribution in [3.8, 4) is 0 Å². The van der Waals surface area contributed by atoms with E-state index in [1.807, 2.05) is 28.8 Å². The number of rotatable bonds is 5. The maximum absolute atomic E-state index is 13.3. The SMILES string of the molecule is CCn1cc(/C=C/C(=O)N2CCN(Cc3cccc(F)c3)CC2)cn1. The first-order chi connectivity index (χ1) is 12.1. The molecule has 3 rings (SSSR count). The van der Waals surface area contributed by atoms with Crippen LogP contribution in [0, 0.1) is 5.82 Å². The number of benzene rings is 1. The number of piperazine rings is 1. The van der Waals surface area contributed by atoms with Crippen molar-refractivity contribution in [2.75, 3.05) is 26.2 Å². The van der Waals surface area contributed by atoms with Crippen molar-refractivity contribution in [2.24, 2.45) is 0 Å². The monoisotopic (exact) mass is 342 g/mol. The number of aryl methyl sites for hydroxylation is 1. The molecule has 0 aliphatic carbocycles. The number of halogens is 1. The van der Waals surface area contributed by atoms with Gasteiger partial charge in [0.2, 0.25) is 5.91 Å². The summed E-state index contributed by atoms with van der Waals surface area (Å²) >= 11 is 0. The van der Waals surface area contributed by atoms with E-state index in [0.717, 1.165) is 30.8 Å². The number of nitrogens with zero attached hydrogens (tertiary/aromatic N) is 4. The van der Waals surface area contributed by atoms with Crippen LogP contribution in [0.5, 0.6) is 0 Å². The second-order valence-electron chi connectivity index (χ2n) is 6.19. The van der Waals surface area contributed by atoms with Crippen LogP contribution in [0.15, 0.2) is 42.7 Å². The highest BCUT2D eigenvalue weighted by atomic mass is 19.1. The number of hydrogen-bond acceptors (Lipinski definition) is 3. The molecular weight excluding hydrogens is 319 g/mol. The Hall–Kier alpha value is -2.47. The number of carbonyl (C=O) groups excluding carboxylic acids is 1. The third kappa shape index (κ3) is 4.76. The molecule has 0 N–H and O–H groups in total. The highest BCUT2D eigenvalue weighted by Gasteiger charge is 2.19. The van der Waals surface area contributed by atoms with Crippen LogP contribution in [-0.2, 0) is 17.9 Å². The van der Waals surface area contributed by atoms with E-state index in [-0.39, 0.29) is 11.7 Å². The normalized spacial score (nSPS) is 15.8. The first kappa shape index (κ1) is 17.4. The van der Waals surface area contributed by atoms with Crippen LogP contribution in [-0.4, -0.2) is 51.7 Å². The average molecular weight is 342 g/mol. The van der Waals surface area contributed by atoms with E-state index in [0.29, 0.717) is 19.6 Å². The minimum atomic E-state index is -0.206. The Morgan fingerprint density at radius 2 is 2.08 bits per heavy atom. The third-order valence-corrected chi connectivity index (χ3v) is 4.37. The molecule has 0 radical (unpaired) electrons. The van der Waals surface area contributed by atoms with E-state index >= 15 is 0 Å². The largest absolute Gasteiger partial charge is 0.337 e. The van der Waals surface area contributed by atoms with E-state index in [9.17, 15) is 9.18 Å². The van der Waals surface area contributed by atoms with Gasteiger partial charge in [-0.2, -0.15) is 5.10 Å². The summed E-state index contributed by atoms with van der Waals surface area (Å²) in [5.74, 6) is -0.183. The van der Waals surface area contributed by atoms with Crippen molar-refractivity contribution in [1.82, 2.24) is 19.6 Å². The lowest BCUT2D eigenvalue weighted by molar-refractivity contribution is -0.127. The van der Waals surface area contributed by atoms with Crippen molar-refractivity contribution >= 4 is 12.0 Å². The molecule has 25 heavy (non-hydrogen) atoms. The Balaban J connectivity index is 1.48. The lowest BCUT2D eigenvalue weighted by Crippen LogP contribution is -2.47. The highest BCUT2D eigenvalue weighted by molar-refractivity contribution is 5.91. The van der Waals surface area contributed by atoms with Crippen molar-refractivity contribution in [2.45, 2.75) is 20.0 Å². The Labute approximate surface area is 147 Å². The van der Waals surface area contributed by atoms with Gasteiger partial charge in [-0.1, -0.05) is 12.1 Å². The summed E-state index contributed by atoms with van der Waals surface area (Å²) < 4.78 is 15.1. The molecule has 0 unspecified atom stereocenters. The van der Waals surface area contributed by atoms with E-state index < -0.39 is 0 Å². The Morgan fingerprint density at radius 3 is 2.76 bits per heavy atom. The van der Waals surface area contributed by atoms with Crippen LogP contribution in [0.3, 0.4) is 0 Å². The third-order valence-electron chi connectivity index (χ3n) is 4.37. The molecule has 1 aliphatic rings. The average Bonchev–Trinajstić information content (AvgIpc) is 3.08. The van der Waals surface area contributed by atoms with E-state index in [2.05, 4.69) is 10.00 Å². The fourth-order valence-electron chi connectivity index (χ4n) is 2.93. The molecule has 2 heterocycles. The lowest BCUT2D eigenvalue weighted by Gasteiger charge is -2.34. The molecular formula is C19H23FN4O.